The molecule has 0 bridgehead atoms. The second-order valence-corrected chi connectivity index (χ2v) is 7.76. The van der Waals surface area contributed by atoms with Crippen molar-refractivity contribution >= 4 is 45.4 Å². The van der Waals surface area contributed by atoms with E-state index in [4.69, 9.17) is 5.73 Å². The summed E-state index contributed by atoms with van der Waals surface area (Å²) in [5, 5.41) is 4.48. The highest BCUT2D eigenvalue weighted by atomic mass is 35.5. The van der Waals surface area contributed by atoms with Crippen LogP contribution in [0.2, 0.25) is 0 Å². The van der Waals surface area contributed by atoms with Crippen LogP contribution in [0.1, 0.15) is 12.0 Å². The molecule has 132 valence electrons. The number of anilines is 1. The quantitative estimate of drug-likeness (QED) is 0.601. The Morgan fingerprint density at radius 1 is 1.17 bits per heavy atom. The Morgan fingerprint density at radius 3 is 2.46 bits per heavy atom. The molecule has 0 radical (unpaired) electrons. The van der Waals surface area contributed by atoms with Crippen molar-refractivity contribution in [1.29, 1.82) is 0 Å². The molecule has 0 saturated carbocycles. The standard InChI is InChI=1S/C15H19N3O3S2.ClH/c16-8-2-9-17-14(19)11-12-4-6-13(7-5-12)18-23(20,21)15-3-1-10-22-15;/h1,3-7,10,18H,2,8-9,11,16H2,(H,17,19);1H. The van der Waals surface area contributed by atoms with Crippen LogP contribution >= 0.6 is 23.7 Å². The van der Waals surface area contributed by atoms with Crippen LogP contribution in [0.25, 0.3) is 0 Å². The summed E-state index contributed by atoms with van der Waals surface area (Å²) in [5.74, 6) is -0.0784. The van der Waals surface area contributed by atoms with E-state index in [1.54, 1.807) is 41.8 Å². The molecule has 0 fully saturated rings. The minimum Gasteiger partial charge on any atom is -0.356 e. The summed E-state index contributed by atoms with van der Waals surface area (Å²) >= 11 is 1.16. The summed E-state index contributed by atoms with van der Waals surface area (Å²) in [6, 6.07) is 9.99. The van der Waals surface area contributed by atoms with Gasteiger partial charge in [0, 0.05) is 12.2 Å². The molecule has 0 spiro atoms. The number of nitrogens with two attached hydrogens (primary N) is 1. The third-order valence-electron chi connectivity index (χ3n) is 3.03. The van der Waals surface area contributed by atoms with Crippen molar-refractivity contribution in [2.24, 2.45) is 5.73 Å². The van der Waals surface area contributed by atoms with E-state index in [0.29, 0.717) is 18.8 Å². The van der Waals surface area contributed by atoms with Crippen molar-refractivity contribution in [3.63, 3.8) is 0 Å². The normalized spacial score (nSPS) is 10.7. The first kappa shape index (κ1) is 20.4. The van der Waals surface area contributed by atoms with Gasteiger partial charge in [0.25, 0.3) is 10.0 Å². The van der Waals surface area contributed by atoms with E-state index in [0.717, 1.165) is 23.3 Å². The number of carbonyl (C=O) groups is 1. The number of thiophene rings is 1. The molecule has 0 saturated heterocycles. The number of carbonyl (C=O) groups excluding carboxylic acids is 1. The van der Waals surface area contributed by atoms with E-state index in [9.17, 15) is 13.2 Å². The summed E-state index contributed by atoms with van der Waals surface area (Å²) in [4.78, 5) is 11.7. The maximum absolute atomic E-state index is 12.1. The first-order valence-electron chi connectivity index (χ1n) is 7.13. The second kappa shape index (κ2) is 9.63. The molecule has 2 rings (SSSR count). The zero-order chi connectivity index (χ0) is 16.7. The van der Waals surface area contributed by atoms with Crippen molar-refractivity contribution in [3.8, 4) is 0 Å². The predicted octanol–water partition coefficient (Wildman–Crippen LogP) is 1.98. The molecule has 0 aliphatic carbocycles. The summed E-state index contributed by atoms with van der Waals surface area (Å²) in [7, 11) is -3.54. The molecule has 1 aromatic carbocycles. The monoisotopic (exact) mass is 389 g/mol. The third-order valence-corrected chi connectivity index (χ3v) is 5.81. The fourth-order valence-corrected chi connectivity index (χ4v) is 3.94. The minimum atomic E-state index is -3.54. The maximum Gasteiger partial charge on any atom is 0.271 e. The van der Waals surface area contributed by atoms with Crippen LogP contribution in [0.3, 0.4) is 0 Å². The van der Waals surface area contributed by atoms with Crippen molar-refractivity contribution < 1.29 is 13.2 Å². The molecular formula is C15H20ClN3O3S2. The van der Waals surface area contributed by atoms with Crippen LogP contribution in [0.15, 0.2) is 46.0 Å². The lowest BCUT2D eigenvalue weighted by molar-refractivity contribution is -0.120. The average molecular weight is 390 g/mol. The zero-order valence-electron chi connectivity index (χ0n) is 12.9. The van der Waals surface area contributed by atoms with Gasteiger partial charge in [0.15, 0.2) is 0 Å². The van der Waals surface area contributed by atoms with Crippen molar-refractivity contribution in [2.45, 2.75) is 17.1 Å². The van der Waals surface area contributed by atoms with Gasteiger partial charge in [-0.3, -0.25) is 9.52 Å². The first-order valence-corrected chi connectivity index (χ1v) is 9.49. The van der Waals surface area contributed by atoms with E-state index in [1.165, 1.54) is 0 Å². The number of amides is 1. The Balaban J connectivity index is 0.00000288. The van der Waals surface area contributed by atoms with Crippen LogP contribution < -0.4 is 15.8 Å². The average Bonchev–Trinajstić information content (AvgIpc) is 3.04. The van der Waals surface area contributed by atoms with Crippen molar-refractivity contribution in [3.05, 3.63) is 47.3 Å². The fraction of sp³-hybridized carbons (Fsp3) is 0.267. The Kier molecular flexibility index (Phi) is 8.20. The van der Waals surface area contributed by atoms with Gasteiger partial charge in [-0.05, 0) is 42.1 Å². The van der Waals surface area contributed by atoms with Gasteiger partial charge >= 0.3 is 0 Å². The SMILES string of the molecule is Cl.NCCCNC(=O)Cc1ccc(NS(=O)(=O)c2cccs2)cc1. The van der Waals surface area contributed by atoms with Gasteiger partial charge in [-0.1, -0.05) is 18.2 Å². The topological polar surface area (TPSA) is 101 Å². The van der Waals surface area contributed by atoms with E-state index >= 15 is 0 Å². The highest BCUT2D eigenvalue weighted by molar-refractivity contribution is 7.94. The second-order valence-electron chi connectivity index (χ2n) is 4.90. The summed E-state index contributed by atoms with van der Waals surface area (Å²) in [6.07, 6.45) is 0.998. The molecule has 1 aromatic heterocycles. The van der Waals surface area contributed by atoms with Crippen molar-refractivity contribution in [1.82, 2.24) is 5.32 Å². The molecule has 1 heterocycles. The maximum atomic E-state index is 12.1. The Hall–Kier alpha value is -1.61. The molecule has 4 N–H and O–H groups in total. The zero-order valence-corrected chi connectivity index (χ0v) is 15.3. The van der Waals surface area contributed by atoms with Gasteiger partial charge in [0.05, 0.1) is 6.42 Å². The molecule has 0 aliphatic rings. The highest BCUT2D eigenvalue weighted by Crippen LogP contribution is 2.20. The molecule has 2 aromatic rings. The van der Waals surface area contributed by atoms with Gasteiger partial charge in [-0.15, -0.1) is 23.7 Å². The number of nitrogens with one attached hydrogen (secondary N) is 2. The Morgan fingerprint density at radius 2 is 1.88 bits per heavy atom. The van der Waals surface area contributed by atoms with Gasteiger partial charge in [-0.2, -0.15) is 0 Å². The van der Waals surface area contributed by atoms with Gasteiger partial charge < -0.3 is 11.1 Å². The largest absolute Gasteiger partial charge is 0.356 e. The number of sulfonamides is 1. The smallest absolute Gasteiger partial charge is 0.271 e. The lowest BCUT2D eigenvalue weighted by Gasteiger charge is -2.08. The van der Waals surface area contributed by atoms with E-state index in [-0.39, 0.29) is 28.9 Å². The van der Waals surface area contributed by atoms with Crippen LogP contribution in [-0.2, 0) is 21.2 Å². The Labute approximate surface area is 151 Å². The molecular weight excluding hydrogens is 370 g/mol. The molecule has 0 aliphatic heterocycles. The van der Waals surface area contributed by atoms with Crippen LogP contribution in [0, 0.1) is 0 Å². The number of hydrogen-bond donors (Lipinski definition) is 3. The number of halogens is 1. The van der Waals surface area contributed by atoms with E-state index in [2.05, 4.69) is 10.0 Å². The Bertz CT molecular complexity index is 732. The fourth-order valence-electron chi connectivity index (χ4n) is 1.89. The molecule has 0 atom stereocenters. The van der Waals surface area contributed by atoms with Crippen LogP contribution in [0.4, 0.5) is 5.69 Å². The molecule has 1 amide bonds. The number of hydrogen-bond acceptors (Lipinski definition) is 5. The molecule has 0 unspecified atom stereocenters. The third kappa shape index (κ3) is 6.12. The summed E-state index contributed by atoms with van der Waals surface area (Å²) < 4.78 is 27.0. The molecule has 6 nitrogen and oxygen atoms in total. The van der Waals surface area contributed by atoms with Crippen LogP contribution in [0.5, 0.6) is 0 Å². The first-order chi connectivity index (χ1) is 11.0. The number of benzene rings is 1. The van der Waals surface area contributed by atoms with E-state index in [1.807, 2.05) is 0 Å². The number of rotatable bonds is 8. The van der Waals surface area contributed by atoms with Gasteiger partial charge in [-0.25, -0.2) is 8.42 Å². The van der Waals surface area contributed by atoms with E-state index < -0.39 is 10.0 Å². The van der Waals surface area contributed by atoms with Gasteiger partial charge in [0.2, 0.25) is 5.91 Å². The summed E-state index contributed by atoms with van der Waals surface area (Å²) in [5.41, 5.74) is 6.64. The van der Waals surface area contributed by atoms with Gasteiger partial charge in [0.1, 0.15) is 4.21 Å². The molecule has 24 heavy (non-hydrogen) atoms. The van der Waals surface area contributed by atoms with Crippen molar-refractivity contribution in [2.75, 3.05) is 17.8 Å². The minimum absolute atomic E-state index is 0. The summed E-state index contributed by atoms with van der Waals surface area (Å²) in [6.45, 7) is 1.10. The predicted molar refractivity (Wildman–Crippen MR) is 99.2 cm³/mol. The highest BCUT2D eigenvalue weighted by Gasteiger charge is 2.15. The molecule has 9 heteroatoms. The lowest BCUT2D eigenvalue weighted by atomic mass is 10.1. The lowest BCUT2D eigenvalue weighted by Crippen LogP contribution is -2.27. The van der Waals surface area contributed by atoms with Crippen LogP contribution in [-0.4, -0.2) is 27.4 Å².